The number of anilines is 2. The average Bonchev–Trinajstić information content (AvgIpc) is 3.30. The molecular weight excluding hydrogens is 316 g/mol. The Morgan fingerprint density at radius 1 is 1.04 bits per heavy atom. The molecule has 2 aromatic carbocycles. The Morgan fingerprint density at radius 2 is 1.84 bits per heavy atom. The maximum atomic E-state index is 12.1. The Labute approximate surface area is 145 Å². The summed E-state index contributed by atoms with van der Waals surface area (Å²) < 4.78 is 1.70. The van der Waals surface area contributed by atoms with Crippen LogP contribution < -0.4 is 10.2 Å². The summed E-state index contributed by atoms with van der Waals surface area (Å²) in [7, 11) is 0. The van der Waals surface area contributed by atoms with Gasteiger partial charge in [-0.05, 0) is 41.1 Å². The van der Waals surface area contributed by atoms with Crippen LogP contribution in [-0.4, -0.2) is 32.7 Å². The van der Waals surface area contributed by atoms with Crippen molar-refractivity contribution in [2.24, 2.45) is 0 Å². The highest BCUT2D eigenvalue weighted by Crippen LogP contribution is 2.29. The molecule has 1 aliphatic heterocycles. The van der Waals surface area contributed by atoms with E-state index >= 15 is 0 Å². The molecule has 3 aromatic rings. The minimum Gasteiger partial charge on any atom is -0.376 e. The number of nitrogens with zero attached hydrogens (tertiary/aromatic N) is 5. The normalized spacial score (nSPS) is 14.1. The lowest BCUT2D eigenvalue weighted by Gasteiger charge is -2.20. The van der Waals surface area contributed by atoms with Crippen molar-refractivity contribution in [1.29, 1.82) is 0 Å². The number of hydrogen-bond acceptors (Lipinski definition) is 5. The maximum absolute atomic E-state index is 12.1. The van der Waals surface area contributed by atoms with Gasteiger partial charge in [-0.2, -0.15) is 4.68 Å². The number of rotatable bonds is 5. The molecule has 0 saturated carbocycles. The van der Waals surface area contributed by atoms with Gasteiger partial charge in [-0.1, -0.05) is 30.3 Å². The van der Waals surface area contributed by atoms with E-state index in [1.54, 1.807) is 4.68 Å². The molecule has 0 radical (unpaired) electrons. The summed E-state index contributed by atoms with van der Waals surface area (Å²) in [6, 6.07) is 17.6. The standard InChI is InChI=1S/C18H18N6O/c25-18-11-6-12-23(18)16-10-5-4-9-15(16)19-13-17-20-21-22-24(17)14-7-2-1-3-8-14/h1-5,7-10,19H,6,11-13H2. The molecule has 0 aliphatic carbocycles. The highest BCUT2D eigenvalue weighted by Gasteiger charge is 2.23. The lowest BCUT2D eigenvalue weighted by molar-refractivity contribution is -0.117. The Balaban J connectivity index is 1.56. The van der Waals surface area contributed by atoms with E-state index in [1.807, 2.05) is 59.5 Å². The average molecular weight is 334 g/mol. The molecule has 1 saturated heterocycles. The van der Waals surface area contributed by atoms with E-state index in [-0.39, 0.29) is 5.91 Å². The maximum Gasteiger partial charge on any atom is 0.227 e. The second-order valence-corrected chi connectivity index (χ2v) is 5.86. The van der Waals surface area contributed by atoms with Crippen LogP contribution in [0.3, 0.4) is 0 Å². The van der Waals surface area contributed by atoms with Gasteiger partial charge in [0.15, 0.2) is 5.82 Å². The molecule has 25 heavy (non-hydrogen) atoms. The number of hydrogen-bond donors (Lipinski definition) is 1. The van der Waals surface area contributed by atoms with Crippen molar-refractivity contribution in [2.45, 2.75) is 19.4 Å². The van der Waals surface area contributed by atoms with Crippen LogP contribution >= 0.6 is 0 Å². The lowest BCUT2D eigenvalue weighted by Crippen LogP contribution is -2.24. The van der Waals surface area contributed by atoms with Gasteiger partial charge < -0.3 is 10.2 Å². The van der Waals surface area contributed by atoms with Crippen LogP contribution in [0.4, 0.5) is 11.4 Å². The number of amides is 1. The molecule has 2 heterocycles. The van der Waals surface area contributed by atoms with E-state index in [2.05, 4.69) is 20.8 Å². The molecule has 1 amide bonds. The first-order valence-electron chi connectivity index (χ1n) is 8.29. The number of carbonyl (C=O) groups excluding carboxylic acids is 1. The van der Waals surface area contributed by atoms with Crippen molar-refractivity contribution >= 4 is 17.3 Å². The van der Waals surface area contributed by atoms with Crippen molar-refractivity contribution in [3.05, 3.63) is 60.4 Å². The van der Waals surface area contributed by atoms with Gasteiger partial charge in [0.05, 0.1) is 23.6 Å². The van der Waals surface area contributed by atoms with Gasteiger partial charge in [-0.15, -0.1) is 5.10 Å². The molecule has 4 rings (SSSR count). The van der Waals surface area contributed by atoms with Crippen molar-refractivity contribution < 1.29 is 4.79 Å². The lowest BCUT2D eigenvalue weighted by atomic mass is 10.2. The Bertz CT molecular complexity index is 876. The third-order valence-electron chi connectivity index (χ3n) is 4.24. The zero-order valence-electron chi connectivity index (χ0n) is 13.7. The monoisotopic (exact) mass is 334 g/mol. The molecule has 0 bridgehead atoms. The van der Waals surface area contributed by atoms with Crippen molar-refractivity contribution in [3.8, 4) is 5.69 Å². The number of tetrazole rings is 1. The summed E-state index contributed by atoms with van der Waals surface area (Å²) in [5.74, 6) is 0.872. The first kappa shape index (κ1) is 15.3. The third kappa shape index (κ3) is 3.08. The minimum atomic E-state index is 0.170. The van der Waals surface area contributed by atoms with E-state index < -0.39 is 0 Å². The molecule has 0 atom stereocenters. The largest absolute Gasteiger partial charge is 0.376 e. The van der Waals surface area contributed by atoms with Gasteiger partial charge in [-0.25, -0.2) is 0 Å². The van der Waals surface area contributed by atoms with Gasteiger partial charge in [0.25, 0.3) is 0 Å². The summed E-state index contributed by atoms with van der Waals surface area (Å²) in [4.78, 5) is 13.9. The van der Waals surface area contributed by atoms with E-state index in [0.29, 0.717) is 18.8 Å². The predicted octanol–water partition coefficient (Wildman–Crippen LogP) is 2.40. The Hall–Kier alpha value is -3.22. The van der Waals surface area contributed by atoms with E-state index in [9.17, 15) is 4.79 Å². The van der Waals surface area contributed by atoms with Crippen LogP contribution in [0.2, 0.25) is 0 Å². The smallest absolute Gasteiger partial charge is 0.227 e. The fourth-order valence-corrected chi connectivity index (χ4v) is 3.02. The second-order valence-electron chi connectivity index (χ2n) is 5.86. The fourth-order valence-electron chi connectivity index (χ4n) is 3.02. The molecular formula is C18H18N6O. The zero-order valence-corrected chi connectivity index (χ0v) is 13.7. The number of nitrogens with one attached hydrogen (secondary N) is 1. The SMILES string of the molecule is O=C1CCCN1c1ccccc1NCc1nnnn1-c1ccccc1. The number of para-hydroxylation sites is 3. The first-order valence-corrected chi connectivity index (χ1v) is 8.29. The second kappa shape index (κ2) is 6.72. The van der Waals surface area contributed by atoms with Crippen molar-refractivity contribution in [3.63, 3.8) is 0 Å². The van der Waals surface area contributed by atoms with E-state index in [1.165, 1.54) is 0 Å². The number of carbonyl (C=O) groups is 1. The van der Waals surface area contributed by atoms with Gasteiger partial charge in [0.1, 0.15) is 0 Å². The number of benzene rings is 2. The Morgan fingerprint density at radius 3 is 2.64 bits per heavy atom. The summed E-state index contributed by atoms with van der Waals surface area (Å²) in [5.41, 5.74) is 2.72. The number of aromatic nitrogens is 4. The summed E-state index contributed by atoms with van der Waals surface area (Å²) in [6.45, 7) is 1.22. The minimum absolute atomic E-state index is 0.170. The molecule has 1 fully saturated rings. The highest BCUT2D eigenvalue weighted by atomic mass is 16.2. The molecule has 126 valence electrons. The predicted molar refractivity (Wildman–Crippen MR) is 94.5 cm³/mol. The van der Waals surface area contributed by atoms with E-state index in [4.69, 9.17) is 0 Å². The van der Waals surface area contributed by atoms with Crippen LogP contribution in [-0.2, 0) is 11.3 Å². The summed E-state index contributed by atoms with van der Waals surface area (Å²) in [5, 5.41) is 15.3. The van der Waals surface area contributed by atoms with E-state index in [0.717, 1.165) is 30.0 Å². The van der Waals surface area contributed by atoms with Gasteiger partial charge in [0.2, 0.25) is 5.91 Å². The fraction of sp³-hybridized carbons (Fsp3) is 0.222. The van der Waals surface area contributed by atoms with Gasteiger partial charge in [-0.3, -0.25) is 4.79 Å². The van der Waals surface area contributed by atoms with Crippen LogP contribution in [0.25, 0.3) is 5.69 Å². The molecule has 0 spiro atoms. The van der Waals surface area contributed by atoms with Gasteiger partial charge in [0, 0.05) is 13.0 Å². The summed E-state index contributed by atoms with van der Waals surface area (Å²) >= 11 is 0. The molecule has 0 unspecified atom stereocenters. The van der Waals surface area contributed by atoms with Crippen molar-refractivity contribution in [2.75, 3.05) is 16.8 Å². The molecule has 7 heteroatoms. The third-order valence-corrected chi connectivity index (χ3v) is 4.24. The van der Waals surface area contributed by atoms with Crippen LogP contribution in [0.15, 0.2) is 54.6 Å². The molecule has 1 N–H and O–H groups in total. The van der Waals surface area contributed by atoms with Crippen LogP contribution in [0.1, 0.15) is 18.7 Å². The highest BCUT2D eigenvalue weighted by molar-refractivity contribution is 5.98. The quantitative estimate of drug-likeness (QED) is 0.775. The molecule has 1 aliphatic rings. The zero-order chi connectivity index (χ0) is 17.1. The van der Waals surface area contributed by atoms with Crippen LogP contribution in [0.5, 0.6) is 0 Å². The Kier molecular flexibility index (Phi) is 4.12. The summed E-state index contributed by atoms with van der Waals surface area (Å²) in [6.07, 6.45) is 1.51. The van der Waals surface area contributed by atoms with Crippen LogP contribution in [0, 0.1) is 0 Å². The molecule has 1 aromatic heterocycles. The van der Waals surface area contributed by atoms with Gasteiger partial charge >= 0.3 is 0 Å². The molecule has 7 nitrogen and oxygen atoms in total. The first-order chi connectivity index (χ1) is 12.3. The topological polar surface area (TPSA) is 75.9 Å². The van der Waals surface area contributed by atoms with Crippen molar-refractivity contribution in [1.82, 2.24) is 20.2 Å².